The Balaban J connectivity index is 1.95. The SMILES string of the molecule is CCCC1=NN(c2ccccc2)C(=O)/C1=C\c1ccc(SC)cc1. The van der Waals surface area contributed by atoms with Crippen molar-refractivity contribution in [2.75, 3.05) is 11.3 Å². The molecule has 0 aromatic heterocycles. The van der Waals surface area contributed by atoms with E-state index >= 15 is 0 Å². The number of rotatable bonds is 5. The Hall–Kier alpha value is -2.33. The fraction of sp³-hybridized carbons (Fsp3) is 0.200. The van der Waals surface area contributed by atoms with Crippen LogP contribution in [0.1, 0.15) is 25.3 Å². The zero-order valence-corrected chi connectivity index (χ0v) is 14.7. The summed E-state index contributed by atoms with van der Waals surface area (Å²) in [5.74, 6) is -0.0569. The summed E-state index contributed by atoms with van der Waals surface area (Å²) in [5.41, 5.74) is 3.38. The highest BCUT2D eigenvalue weighted by Gasteiger charge is 2.30. The molecule has 0 N–H and O–H groups in total. The molecule has 0 spiro atoms. The van der Waals surface area contributed by atoms with Crippen molar-refractivity contribution < 1.29 is 4.79 Å². The van der Waals surface area contributed by atoms with Gasteiger partial charge in [0.1, 0.15) is 0 Å². The summed E-state index contributed by atoms with van der Waals surface area (Å²) in [5, 5.41) is 6.08. The first-order valence-corrected chi connectivity index (χ1v) is 9.28. The number of thioether (sulfide) groups is 1. The number of carbonyl (C=O) groups excluding carboxylic acids is 1. The van der Waals surface area contributed by atoms with Gasteiger partial charge >= 0.3 is 0 Å². The van der Waals surface area contributed by atoms with E-state index in [1.54, 1.807) is 11.8 Å². The molecule has 3 nitrogen and oxygen atoms in total. The molecule has 1 amide bonds. The maximum atomic E-state index is 12.9. The van der Waals surface area contributed by atoms with E-state index in [4.69, 9.17) is 0 Å². The average Bonchev–Trinajstić information content (AvgIpc) is 2.93. The Morgan fingerprint density at radius 3 is 2.42 bits per heavy atom. The zero-order chi connectivity index (χ0) is 16.9. The standard InChI is InChI=1S/C20H20N2OS/c1-3-7-19-18(14-15-10-12-17(24-2)13-11-15)20(23)22(21-19)16-8-5-4-6-9-16/h4-6,8-14H,3,7H2,1-2H3/b18-14-. The van der Waals surface area contributed by atoms with Crippen LogP contribution in [0.3, 0.4) is 0 Å². The molecular formula is C20H20N2OS. The molecule has 0 unspecified atom stereocenters. The largest absolute Gasteiger partial charge is 0.280 e. The molecule has 2 aromatic rings. The molecule has 0 saturated heterocycles. The molecule has 4 heteroatoms. The third kappa shape index (κ3) is 3.44. The van der Waals surface area contributed by atoms with Gasteiger partial charge in [0, 0.05) is 4.90 Å². The topological polar surface area (TPSA) is 32.7 Å². The van der Waals surface area contributed by atoms with Crippen molar-refractivity contribution in [2.45, 2.75) is 24.7 Å². The number of anilines is 1. The molecule has 0 atom stereocenters. The van der Waals surface area contributed by atoms with Crippen LogP contribution in [0, 0.1) is 0 Å². The number of benzene rings is 2. The van der Waals surface area contributed by atoms with Crippen molar-refractivity contribution >= 4 is 35.1 Å². The summed E-state index contributed by atoms with van der Waals surface area (Å²) in [4.78, 5) is 14.1. The number of hydrogen-bond acceptors (Lipinski definition) is 3. The molecule has 24 heavy (non-hydrogen) atoms. The van der Waals surface area contributed by atoms with E-state index in [0.717, 1.165) is 29.8 Å². The van der Waals surface area contributed by atoms with E-state index in [2.05, 4.69) is 30.4 Å². The van der Waals surface area contributed by atoms with Crippen LogP contribution in [0.4, 0.5) is 5.69 Å². The molecule has 1 aliphatic heterocycles. The first kappa shape index (κ1) is 16.5. The summed E-state index contributed by atoms with van der Waals surface area (Å²) in [7, 11) is 0. The van der Waals surface area contributed by atoms with Crippen LogP contribution < -0.4 is 5.01 Å². The molecule has 1 heterocycles. The second-order valence-electron chi connectivity index (χ2n) is 5.58. The first-order chi connectivity index (χ1) is 11.7. The summed E-state index contributed by atoms with van der Waals surface area (Å²) in [6.45, 7) is 2.10. The molecule has 0 bridgehead atoms. The van der Waals surface area contributed by atoms with Crippen LogP contribution in [0.25, 0.3) is 6.08 Å². The molecule has 0 radical (unpaired) electrons. The minimum absolute atomic E-state index is 0.0569. The lowest BCUT2D eigenvalue weighted by Crippen LogP contribution is -2.21. The van der Waals surface area contributed by atoms with Gasteiger partial charge in [-0.05, 0) is 48.6 Å². The fourth-order valence-electron chi connectivity index (χ4n) is 2.64. The monoisotopic (exact) mass is 336 g/mol. The summed E-state index contributed by atoms with van der Waals surface area (Å²) < 4.78 is 0. The Bertz CT molecular complexity index is 779. The Morgan fingerprint density at radius 2 is 1.79 bits per heavy atom. The van der Waals surface area contributed by atoms with Gasteiger partial charge in [-0.1, -0.05) is 43.7 Å². The van der Waals surface area contributed by atoms with Crippen LogP contribution in [0.5, 0.6) is 0 Å². The van der Waals surface area contributed by atoms with Gasteiger partial charge in [-0.25, -0.2) is 0 Å². The van der Waals surface area contributed by atoms with Gasteiger partial charge in [-0.3, -0.25) is 4.79 Å². The number of hydrogen-bond donors (Lipinski definition) is 0. The van der Waals surface area contributed by atoms with Crippen molar-refractivity contribution in [3.63, 3.8) is 0 Å². The number of hydrazone groups is 1. The molecule has 0 aliphatic carbocycles. The van der Waals surface area contributed by atoms with Crippen molar-refractivity contribution in [3.8, 4) is 0 Å². The highest BCUT2D eigenvalue weighted by Crippen LogP contribution is 2.27. The summed E-state index contributed by atoms with van der Waals surface area (Å²) >= 11 is 1.71. The minimum atomic E-state index is -0.0569. The van der Waals surface area contributed by atoms with Crippen molar-refractivity contribution in [2.24, 2.45) is 5.10 Å². The third-order valence-corrected chi connectivity index (χ3v) is 4.61. The van der Waals surface area contributed by atoms with Crippen molar-refractivity contribution in [3.05, 3.63) is 65.7 Å². The molecule has 0 saturated carbocycles. The van der Waals surface area contributed by atoms with E-state index < -0.39 is 0 Å². The molecule has 1 aliphatic rings. The maximum Gasteiger partial charge on any atom is 0.280 e. The smallest absolute Gasteiger partial charge is 0.267 e. The van der Waals surface area contributed by atoms with Crippen LogP contribution in [0.15, 0.2) is 70.2 Å². The quantitative estimate of drug-likeness (QED) is 0.569. The van der Waals surface area contributed by atoms with E-state index in [1.807, 2.05) is 48.5 Å². The Labute approximate surface area is 147 Å². The predicted molar refractivity (Wildman–Crippen MR) is 102 cm³/mol. The van der Waals surface area contributed by atoms with Gasteiger partial charge < -0.3 is 0 Å². The number of amides is 1. The molecule has 3 rings (SSSR count). The lowest BCUT2D eigenvalue weighted by Gasteiger charge is -2.11. The molecule has 2 aromatic carbocycles. The van der Waals surface area contributed by atoms with E-state index in [9.17, 15) is 4.79 Å². The molecule has 122 valence electrons. The van der Waals surface area contributed by atoms with Crippen LogP contribution in [-0.4, -0.2) is 17.9 Å². The number of nitrogens with zero attached hydrogens (tertiary/aromatic N) is 2. The van der Waals surface area contributed by atoms with Crippen molar-refractivity contribution in [1.29, 1.82) is 0 Å². The van der Waals surface area contributed by atoms with E-state index in [0.29, 0.717) is 5.57 Å². The molecular weight excluding hydrogens is 316 g/mol. The van der Waals surface area contributed by atoms with Crippen LogP contribution in [0.2, 0.25) is 0 Å². The third-order valence-electron chi connectivity index (χ3n) is 3.87. The highest BCUT2D eigenvalue weighted by atomic mass is 32.2. The zero-order valence-electron chi connectivity index (χ0n) is 13.9. The predicted octanol–water partition coefficient (Wildman–Crippen LogP) is 4.99. The Morgan fingerprint density at radius 1 is 1.08 bits per heavy atom. The van der Waals surface area contributed by atoms with Gasteiger partial charge in [0.15, 0.2) is 0 Å². The van der Waals surface area contributed by atoms with E-state index in [1.165, 1.54) is 9.90 Å². The van der Waals surface area contributed by atoms with E-state index in [-0.39, 0.29) is 5.91 Å². The average molecular weight is 336 g/mol. The highest BCUT2D eigenvalue weighted by molar-refractivity contribution is 7.98. The summed E-state index contributed by atoms with van der Waals surface area (Å²) in [6.07, 6.45) is 5.75. The second kappa shape index (κ2) is 7.49. The van der Waals surface area contributed by atoms with Gasteiger partial charge in [-0.15, -0.1) is 11.8 Å². The maximum absolute atomic E-state index is 12.9. The van der Waals surface area contributed by atoms with Gasteiger partial charge in [-0.2, -0.15) is 10.1 Å². The first-order valence-electron chi connectivity index (χ1n) is 8.06. The Kier molecular flexibility index (Phi) is 5.16. The minimum Gasteiger partial charge on any atom is -0.267 e. The number of carbonyl (C=O) groups is 1. The second-order valence-corrected chi connectivity index (χ2v) is 6.46. The van der Waals surface area contributed by atoms with Gasteiger partial charge in [0.25, 0.3) is 5.91 Å². The normalized spacial score (nSPS) is 15.9. The fourth-order valence-corrected chi connectivity index (χ4v) is 3.04. The van der Waals surface area contributed by atoms with Gasteiger partial charge in [0.05, 0.1) is 17.0 Å². The van der Waals surface area contributed by atoms with Crippen molar-refractivity contribution in [1.82, 2.24) is 0 Å². The summed E-state index contributed by atoms with van der Waals surface area (Å²) in [6, 6.07) is 17.8. The van der Waals surface area contributed by atoms with Crippen LogP contribution in [-0.2, 0) is 4.79 Å². The lowest BCUT2D eigenvalue weighted by molar-refractivity contribution is -0.114. The van der Waals surface area contributed by atoms with Crippen LogP contribution >= 0.6 is 11.8 Å². The lowest BCUT2D eigenvalue weighted by atomic mass is 10.0. The van der Waals surface area contributed by atoms with Gasteiger partial charge in [0.2, 0.25) is 0 Å². The molecule has 0 fully saturated rings. The number of para-hydroxylation sites is 1.